The first-order valence-electron chi connectivity index (χ1n) is 7.31. The van der Waals surface area contributed by atoms with Crippen molar-refractivity contribution in [1.29, 1.82) is 0 Å². The molecule has 22 heavy (non-hydrogen) atoms. The van der Waals surface area contributed by atoms with Crippen LogP contribution in [0.15, 0.2) is 24.3 Å². The minimum atomic E-state index is -0.465. The maximum atomic E-state index is 11.8. The average Bonchev–Trinajstić information content (AvgIpc) is 2.46. The first-order chi connectivity index (χ1) is 10.4. The van der Waals surface area contributed by atoms with E-state index in [4.69, 9.17) is 0 Å². The molecule has 1 amide bonds. The van der Waals surface area contributed by atoms with Crippen molar-refractivity contribution in [1.82, 2.24) is 5.32 Å². The summed E-state index contributed by atoms with van der Waals surface area (Å²) in [6.45, 7) is 4.23. The number of nitro groups is 1. The van der Waals surface area contributed by atoms with Crippen LogP contribution in [0, 0.1) is 16.0 Å². The summed E-state index contributed by atoms with van der Waals surface area (Å²) in [5, 5.41) is 25.7. The topological polar surface area (TPSA) is 104 Å². The Kier molecular flexibility index (Phi) is 7.31. The number of anilines is 1. The number of aliphatic hydroxyl groups is 1. The molecule has 122 valence electrons. The van der Waals surface area contributed by atoms with E-state index in [9.17, 15) is 20.0 Å². The van der Waals surface area contributed by atoms with E-state index in [0.29, 0.717) is 18.0 Å². The van der Waals surface area contributed by atoms with Gasteiger partial charge in [-0.2, -0.15) is 0 Å². The Balaban J connectivity index is 2.44. The number of hydrogen-bond acceptors (Lipinski definition) is 5. The molecule has 0 radical (unpaired) electrons. The highest BCUT2D eigenvalue weighted by Gasteiger charge is 2.14. The number of nitrogens with zero attached hydrogens (tertiary/aromatic N) is 1. The predicted octanol–water partition coefficient (Wildman–Crippen LogP) is 1.92. The summed E-state index contributed by atoms with van der Waals surface area (Å²) in [6, 6.07) is 6.05. The molecular weight excluding hydrogens is 286 g/mol. The van der Waals surface area contributed by atoms with E-state index in [1.54, 1.807) is 18.2 Å². The average molecular weight is 309 g/mol. The van der Waals surface area contributed by atoms with Crippen LogP contribution in [-0.2, 0) is 4.79 Å². The molecule has 1 aromatic rings. The summed E-state index contributed by atoms with van der Waals surface area (Å²) in [6.07, 6.45) is 0.889. The molecule has 0 bridgehead atoms. The highest BCUT2D eigenvalue weighted by molar-refractivity contribution is 5.77. The SMILES string of the molecule is CC(C)CC(CO)NC(=O)CCNc1ccccc1[N+](=O)[O-]. The van der Waals surface area contributed by atoms with Crippen molar-refractivity contribution >= 4 is 17.3 Å². The molecule has 1 aromatic carbocycles. The second-order valence-electron chi connectivity index (χ2n) is 5.53. The van der Waals surface area contributed by atoms with Crippen LogP contribution in [0.3, 0.4) is 0 Å². The van der Waals surface area contributed by atoms with Crippen LogP contribution in [0.1, 0.15) is 26.7 Å². The first-order valence-corrected chi connectivity index (χ1v) is 7.31. The zero-order valence-electron chi connectivity index (χ0n) is 12.9. The molecule has 3 N–H and O–H groups in total. The molecule has 1 atom stereocenters. The Morgan fingerprint density at radius 3 is 2.64 bits per heavy atom. The van der Waals surface area contributed by atoms with E-state index < -0.39 is 4.92 Å². The second-order valence-corrected chi connectivity index (χ2v) is 5.53. The van der Waals surface area contributed by atoms with Gasteiger partial charge in [0.2, 0.25) is 5.91 Å². The molecule has 0 spiro atoms. The Bertz CT molecular complexity index is 505. The van der Waals surface area contributed by atoms with Gasteiger partial charge in [-0.3, -0.25) is 14.9 Å². The van der Waals surface area contributed by atoms with Gasteiger partial charge in [0.15, 0.2) is 0 Å². The third kappa shape index (κ3) is 6.09. The second kappa shape index (κ2) is 8.99. The fourth-order valence-electron chi connectivity index (χ4n) is 2.14. The Morgan fingerprint density at radius 1 is 1.36 bits per heavy atom. The van der Waals surface area contributed by atoms with Gasteiger partial charge in [0, 0.05) is 19.0 Å². The molecule has 0 fully saturated rings. The van der Waals surface area contributed by atoms with Crippen molar-refractivity contribution in [2.75, 3.05) is 18.5 Å². The monoisotopic (exact) mass is 309 g/mol. The molecular formula is C15H23N3O4. The first kappa shape index (κ1) is 17.9. The molecule has 0 aromatic heterocycles. The lowest BCUT2D eigenvalue weighted by Crippen LogP contribution is -2.39. The van der Waals surface area contributed by atoms with Crippen molar-refractivity contribution in [3.8, 4) is 0 Å². The van der Waals surface area contributed by atoms with Gasteiger partial charge < -0.3 is 15.7 Å². The van der Waals surface area contributed by atoms with Gasteiger partial charge in [-0.15, -0.1) is 0 Å². The number of rotatable bonds is 9. The summed E-state index contributed by atoms with van der Waals surface area (Å²) >= 11 is 0. The van der Waals surface area contributed by atoms with Gasteiger partial charge in [0.1, 0.15) is 5.69 Å². The summed E-state index contributed by atoms with van der Waals surface area (Å²) in [7, 11) is 0. The Morgan fingerprint density at radius 2 is 2.05 bits per heavy atom. The van der Waals surface area contributed by atoms with E-state index in [0.717, 1.165) is 0 Å². The maximum Gasteiger partial charge on any atom is 0.292 e. The lowest BCUT2D eigenvalue weighted by molar-refractivity contribution is -0.384. The van der Waals surface area contributed by atoms with Gasteiger partial charge in [0.25, 0.3) is 5.69 Å². The summed E-state index contributed by atoms with van der Waals surface area (Å²) in [4.78, 5) is 22.2. The number of carbonyl (C=O) groups is 1. The van der Waals surface area contributed by atoms with E-state index in [2.05, 4.69) is 10.6 Å². The fraction of sp³-hybridized carbons (Fsp3) is 0.533. The van der Waals surface area contributed by atoms with Crippen LogP contribution >= 0.6 is 0 Å². The van der Waals surface area contributed by atoms with Crippen LogP contribution in [0.2, 0.25) is 0 Å². The molecule has 7 nitrogen and oxygen atoms in total. The third-order valence-corrected chi connectivity index (χ3v) is 3.11. The van der Waals surface area contributed by atoms with E-state index in [1.807, 2.05) is 13.8 Å². The molecule has 0 aliphatic rings. The fourth-order valence-corrected chi connectivity index (χ4v) is 2.14. The zero-order valence-corrected chi connectivity index (χ0v) is 12.9. The number of aliphatic hydroxyl groups excluding tert-OH is 1. The van der Waals surface area contributed by atoms with Gasteiger partial charge in [-0.1, -0.05) is 26.0 Å². The zero-order chi connectivity index (χ0) is 16.5. The molecule has 7 heteroatoms. The van der Waals surface area contributed by atoms with Gasteiger partial charge in [0.05, 0.1) is 17.6 Å². The molecule has 0 aliphatic heterocycles. The molecule has 0 aliphatic carbocycles. The number of hydrogen-bond donors (Lipinski definition) is 3. The molecule has 1 rings (SSSR count). The quantitative estimate of drug-likeness (QED) is 0.477. The van der Waals surface area contributed by atoms with Gasteiger partial charge >= 0.3 is 0 Å². The number of benzene rings is 1. The van der Waals surface area contributed by atoms with Crippen LogP contribution in [0.25, 0.3) is 0 Å². The molecule has 0 saturated carbocycles. The van der Waals surface area contributed by atoms with Crippen molar-refractivity contribution in [3.05, 3.63) is 34.4 Å². The van der Waals surface area contributed by atoms with Crippen molar-refractivity contribution in [2.45, 2.75) is 32.7 Å². The van der Waals surface area contributed by atoms with Crippen molar-refractivity contribution < 1.29 is 14.8 Å². The standard InChI is InChI=1S/C15H23N3O4/c1-11(2)9-12(10-19)17-15(20)7-8-16-13-5-3-4-6-14(13)18(21)22/h3-6,11-12,16,19H,7-10H2,1-2H3,(H,17,20). The largest absolute Gasteiger partial charge is 0.394 e. The van der Waals surface area contributed by atoms with E-state index >= 15 is 0 Å². The third-order valence-electron chi connectivity index (χ3n) is 3.11. The van der Waals surface area contributed by atoms with Crippen LogP contribution in [0.4, 0.5) is 11.4 Å². The normalized spacial score (nSPS) is 12.0. The summed E-state index contributed by atoms with van der Waals surface area (Å²) < 4.78 is 0. The molecule has 0 heterocycles. The van der Waals surface area contributed by atoms with Crippen LogP contribution < -0.4 is 10.6 Å². The number of nitro benzene ring substituents is 1. The highest BCUT2D eigenvalue weighted by Crippen LogP contribution is 2.22. The minimum absolute atomic E-state index is 0.0176. The number of para-hydroxylation sites is 2. The molecule has 1 unspecified atom stereocenters. The smallest absolute Gasteiger partial charge is 0.292 e. The van der Waals surface area contributed by atoms with Gasteiger partial charge in [-0.25, -0.2) is 0 Å². The Hall–Kier alpha value is -2.15. The maximum absolute atomic E-state index is 11.8. The van der Waals surface area contributed by atoms with Gasteiger partial charge in [-0.05, 0) is 18.4 Å². The number of amides is 1. The van der Waals surface area contributed by atoms with Crippen molar-refractivity contribution in [2.24, 2.45) is 5.92 Å². The lowest BCUT2D eigenvalue weighted by atomic mass is 10.0. The van der Waals surface area contributed by atoms with E-state index in [-0.39, 0.29) is 37.2 Å². The van der Waals surface area contributed by atoms with E-state index in [1.165, 1.54) is 6.07 Å². The minimum Gasteiger partial charge on any atom is -0.394 e. The predicted molar refractivity (Wildman–Crippen MR) is 84.7 cm³/mol. The molecule has 0 saturated heterocycles. The van der Waals surface area contributed by atoms with Crippen molar-refractivity contribution in [3.63, 3.8) is 0 Å². The highest BCUT2D eigenvalue weighted by atomic mass is 16.6. The van der Waals surface area contributed by atoms with Crippen LogP contribution in [-0.4, -0.2) is 35.1 Å². The Labute approximate surface area is 129 Å². The number of carbonyl (C=O) groups excluding carboxylic acids is 1. The lowest BCUT2D eigenvalue weighted by Gasteiger charge is -2.18. The summed E-state index contributed by atoms with van der Waals surface area (Å²) in [5.41, 5.74) is 0.372. The number of nitrogens with one attached hydrogen (secondary N) is 2. The van der Waals surface area contributed by atoms with Crippen LogP contribution in [0.5, 0.6) is 0 Å². The summed E-state index contributed by atoms with van der Waals surface area (Å²) in [5.74, 6) is 0.188.